The number of aryl methyl sites for hydroxylation is 1. The van der Waals surface area contributed by atoms with Crippen LogP contribution in [0.5, 0.6) is 0 Å². The smallest absolute Gasteiger partial charge is 0.254 e. The van der Waals surface area contributed by atoms with Gasteiger partial charge in [0.1, 0.15) is 0 Å². The van der Waals surface area contributed by atoms with Gasteiger partial charge < -0.3 is 10.2 Å². The number of benzene rings is 1. The van der Waals surface area contributed by atoms with Crippen molar-refractivity contribution in [3.63, 3.8) is 0 Å². The molecule has 2 aliphatic rings. The van der Waals surface area contributed by atoms with Crippen LogP contribution in [-0.4, -0.2) is 57.7 Å². The Morgan fingerprint density at radius 3 is 2.84 bits per heavy atom. The van der Waals surface area contributed by atoms with Crippen LogP contribution in [0.15, 0.2) is 18.2 Å². The van der Waals surface area contributed by atoms with Crippen LogP contribution in [0.25, 0.3) is 0 Å². The molecule has 138 valence electrons. The fourth-order valence-electron chi connectivity index (χ4n) is 3.80. The lowest BCUT2D eigenvalue weighted by molar-refractivity contribution is 0.0692. The second kappa shape index (κ2) is 7.33. The lowest BCUT2D eigenvalue weighted by atomic mass is 10.00. The molecule has 1 amide bonds. The molecule has 6 nitrogen and oxygen atoms in total. The van der Waals surface area contributed by atoms with E-state index in [1.807, 2.05) is 11.0 Å². The summed E-state index contributed by atoms with van der Waals surface area (Å²) in [7, 11) is -3.28. The van der Waals surface area contributed by atoms with Crippen LogP contribution in [-0.2, 0) is 16.4 Å². The monoisotopic (exact) mass is 365 g/mol. The second-order valence-electron chi connectivity index (χ2n) is 6.93. The highest BCUT2D eigenvalue weighted by molar-refractivity contribution is 7.92. The van der Waals surface area contributed by atoms with E-state index in [1.165, 1.54) is 10.6 Å². The van der Waals surface area contributed by atoms with Crippen LogP contribution < -0.4 is 9.62 Å². The van der Waals surface area contributed by atoms with Crippen molar-refractivity contribution in [1.82, 2.24) is 10.2 Å². The first-order chi connectivity index (χ1) is 11.9. The Labute approximate surface area is 150 Å². The van der Waals surface area contributed by atoms with Crippen LogP contribution in [0.3, 0.4) is 0 Å². The van der Waals surface area contributed by atoms with Gasteiger partial charge in [-0.25, -0.2) is 8.42 Å². The molecule has 1 atom stereocenters. The predicted octanol–water partition coefficient (Wildman–Crippen LogP) is 1.61. The molecule has 0 spiro atoms. The average Bonchev–Trinajstić information content (AvgIpc) is 3.11. The van der Waals surface area contributed by atoms with E-state index in [9.17, 15) is 13.2 Å². The highest BCUT2D eigenvalue weighted by Gasteiger charge is 2.29. The molecule has 0 aliphatic carbocycles. The summed E-state index contributed by atoms with van der Waals surface area (Å²) in [6.07, 6.45) is 4.73. The third kappa shape index (κ3) is 3.82. The number of carbonyl (C=O) groups excluding carboxylic acids is 1. The summed E-state index contributed by atoms with van der Waals surface area (Å²) in [5.74, 6) is 0.0508. The first kappa shape index (κ1) is 18.2. The predicted molar refractivity (Wildman–Crippen MR) is 99.6 cm³/mol. The zero-order valence-electron chi connectivity index (χ0n) is 15.0. The molecule has 1 unspecified atom stereocenters. The zero-order valence-corrected chi connectivity index (χ0v) is 15.8. The van der Waals surface area contributed by atoms with Crippen LogP contribution in [0, 0.1) is 0 Å². The summed E-state index contributed by atoms with van der Waals surface area (Å²) in [4.78, 5) is 15.0. The Bertz CT molecular complexity index is 742. The van der Waals surface area contributed by atoms with E-state index in [2.05, 4.69) is 12.2 Å². The first-order valence-electron chi connectivity index (χ1n) is 9.04. The van der Waals surface area contributed by atoms with Crippen LogP contribution in [0.2, 0.25) is 0 Å². The summed E-state index contributed by atoms with van der Waals surface area (Å²) in [6, 6.07) is 5.70. The van der Waals surface area contributed by atoms with Gasteiger partial charge >= 0.3 is 0 Å². The van der Waals surface area contributed by atoms with Gasteiger partial charge in [-0.2, -0.15) is 0 Å². The maximum Gasteiger partial charge on any atom is 0.254 e. The van der Waals surface area contributed by atoms with Crippen LogP contribution in [0.1, 0.15) is 42.1 Å². The average molecular weight is 365 g/mol. The minimum absolute atomic E-state index is 0.0508. The molecule has 1 N–H and O–H groups in total. The lowest BCUT2D eigenvalue weighted by Crippen LogP contribution is -2.42. The quantitative estimate of drug-likeness (QED) is 0.861. The largest absolute Gasteiger partial charge is 0.334 e. The fourth-order valence-corrected chi connectivity index (χ4v) is 4.80. The van der Waals surface area contributed by atoms with Gasteiger partial charge in [0, 0.05) is 31.2 Å². The van der Waals surface area contributed by atoms with Crippen molar-refractivity contribution >= 4 is 21.6 Å². The summed E-state index contributed by atoms with van der Waals surface area (Å²) in [5, 5.41) is 3.32. The van der Waals surface area contributed by atoms with Crippen molar-refractivity contribution in [1.29, 1.82) is 0 Å². The van der Waals surface area contributed by atoms with E-state index in [1.54, 1.807) is 12.1 Å². The minimum atomic E-state index is -3.28. The Hall–Kier alpha value is -1.60. The van der Waals surface area contributed by atoms with Crippen molar-refractivity contribution in [3.8, 4) is 0 Å². The number of nitrogens with one attached hydrogen (secondary N) is 1. The molecule has 1 aromatic carbocycles. The van der Waals surface area contributed by atoms with E-state index in [0.717, 1.165) is 56.6 Å². The highest BCUT2D eigenvalue weighted by Crippen LogP contribution is 2.30. The van der Waals surface area contributed by atoms with Gasteiger partial charge in [-0.1, -0.05) is 6.92 Å². The minimum Gasteiger partial charge on any atom is -0.334 e. The van der Waals surface area contributed by atoms with Crippen molar-refractivity contribution in [2.24, 2.45) is 0 Å². The molecule has 2 heterocycles. The van der Waals surface area contributed by atoms with Gasteiger partial charge in [-0.15, -0.1) is 0 Å². The van der Waals surface area contributed by atoms with E-state index >= 15 is 0 Å². The van der Waals surface area contributed by atoms with E-state index < -0.39 is 10.0 Å². The van der Waals surface area contributed by atoms with Crippen molar-refractivity contribution < 1.29 is 13.2 Å². The summed E-state index contributed by atoms with van der Waals surface area (Å²) in [6.45, 7) is 5.14. The van der Waals surface area contributed by atoms with Crippen LogP contribution >= 0.6 is 0 Å². The molecule has 1 fully saturated rings. The first-order valence-corrected chi connectivity index (χ1v) is 10.9. The van der Waals surface area contributed by atoms with E-state index in [0.29, 0.717) is 12.1 Å². The van der Waals surface area contributed by atoms with Crippen molar-refractivity contribution in [2.45, 2.75) is 38.6 Å². The maximum atomic E-state index is 13.1. The third-order valence-electron chi connectivity index (χ3n) is 5.00. The van der Waals surface area contributed by atoms with Gasteiger partial charge in [0.2, 0.25) is 10.0 Å². The van der Waals surface area contributed by atoms with Gasteiger partial charge in [-0.05, 0) is 56.0 Å². The summed E-state index contributed by atoms with van der Waals surface area (Å²) >= 11 is 0. The number of rotatable bonds is 5. The Morgan fingerprint density at radius 1 is 1.40 bits per heavy atom. The zero-order chi connectivity index (χ0) is 18.0. The van der Waals surface area contributed by atoms with Crippen molar-refractivity contribution in [2.75, 3.05) is 36.7 Å². The Balaban J connectivity index is 1.89. The number of hydrogen-bond donors (Lipinski definition) is 1. The Morgan fingerprint density at radius 2 is 2.20 bits per heavy atom. The molecule has 0 bridgehead atoms. The standard InChI is InChI=1S/C18H27N3O3S/c1-3-10-20(16-8-9-19-13-16)18(22)15-6-7-17-14(12-15)5-4-11-21(17)25(2,23)24/h6-7,12,16,19H,3-5,8-11,13H2,1-2H3. The highest BCUT2D eigenvalue weighted by atomic mass is 32.2. The summed E-state index contributed by atoms with van der Waals surface area (Å²) in [5.41, 5.74) is 2.33. The van der Waals surface area contributed by atoms with Crippen LogP contribution in [0.4, 0.5) is 5.69 Å². The number of fused-ring (bicyclic) bond motifs is 1. The molecule has 3 rings (SSSR count). The molecule has 1 aromatic rings. The molecule has 0 radical (unpaired) electrons. The van der Waals surface area contributed by atoms with Gasteiger partial charge in [0.25, 0.3) is 5.91 Å². The second-order valence-corrected chi connectivity index (χ2v) is 8.83. The molecular weight excluding hydrogens is 338 g/mol. The third-order valence-corrected chi connectivity index (χ3v) is 6.18. The van der Waals surface area contributed by atoms with Gasteiger partial charge in [-0.3, -0.25) is 9.10 Å². The van der Waals surface area contributed by atoms with E-state index in [-0.39, 0.29) is 11.9 Å². The van der Waals surface area contributed by atoms with Crippen molar-refractivity contribution in [3.05, 3.63) is 29.3 Å². The number of hydrogen-bond acceptors (Lipinski definition) is 4. The van der Waals surface area contributed by atoms with Gasteiger partial charge in [0.05, 0.1) is 11.9 Å². The number of nitrogens with zero attached hydrogens (tertiary/aromatic N) is 2. The summed E-state index contributed by atoms with van der Waals surface area (Å²) < 4.78 is 25.4. The number of anilines is 1. The molecule has 7 heteroatoms. The number of carbonyl (C=O) groups is 1. The maximum absolute atomic E-state index is 13.1. The molecule has 0 saturated carbocycles. The molecule has 2 aliphatic heterocycles. The van der Waals surface area contributed by atoms with Gasteiger partial charge in [0.15, 0.2) is 0 Å². The molecular formula is C18H27N3O3S. The Kier molecular flexibility index (Phi) is 5.34. The lowest BCUT2D eigenvalue weighted by Gasteiger charge is -2.31. The normalized spacial score (nSPS) is 20.4. The topological polar surface area (TPSA) is 69.7 Å². The SMILES string of the molecule is CCCN(C(=O)c1ccc2c(c1)CCCN2S(C)(=O)=O)C1CCNC1. The fraction of sp³-hybridized carbons (Fsp3) is 0.611. The van der Waals surface area contributed by atoms with E-state index in [4.69, 9.17) is 0 Å². The number of amides is 1. The molecule has 25 heavy (non-hydrogen) atoms. The molecule has 0 aromatic heterocycles. The number of sulfonamides is 1. The molecule has 1 saturated heterocycles.